The number of nitrogens with zero attached hydrogens (tertiary/aromatic N) is 2. The average Bonchev–Trinajstić information content (AvgIpc) is 3.58. The molecule has 0 spiro atoms. The molecule has 7 nitrogen and oxygen atoms in total. The van der Waals surface area contributed by atoms with Crippen LogP contribution in [0.5, 0.6) is 0 Å². The number of halogens is 4. The van der Waals surface area contributed by atoms with Crippen molar-refractivity contribution in [2.75, 3.05) is 0 Å². The molecule has 1 heterocycles. The molecular formula is C27H29F4N5O2. The summed E-state index contributed by atoms with van der Waals surface area (Å²) in [5.41, 5.74) is 2.19. The van der Waals surface area contributed by atoms with E-state index in [4.69, 9.17) is 5.84 Å². The van der Waals surface area contributed by atoms with E-state index in [0.29, 0.717) is 12.8 Å². The van der Waals surface area contributed by atoms with Gasteiger partial charge in [0.15, 0.2) is 5.69 Å². The Kier molecular flexibility index (Phi) is 8.45. The van der Waals surface area contributed by atoms with Gasteiger partial charge in [-0.05, 0) is 55.5 Å². The first kappa shape index (κ1) is 27.3. The van der Waals surface area contributed by atoms with Crippen LogP contribution in [0.25, 0.3) is 11.3 Å². The molecule has 1 saturated carbocycles. The number of nitrogens with one attached hydrogen (secondary N) is 2. The molecule has 4 N–H and O–H groups in total. The van der Waals surface area contributed by atoms with Gasteiger partial charge in [-0.2, -0.15) is 18.3 Å². The molecule has 202 valence electrons. The van der Waals surface area contributed by atoms with Gasteiger partial charge in [0.05, 0.1) is 17.3 Å². The van der Waals surface area contributed by atoms with Gasteiger partial charge in [-0.3, -0.25) is 19.7 Å². The highest BCUT2D eigenvalue weighted by atomic mass is 19.4. The molecule has 2 aromatic carbocycles. The molecule has 0 radical (unpaired) electrons. The minimum Gasteiger partial charge on any atom is -0.347 e. The number of amides is 2. The lowest BCUT2D eigenvalue weighted by Crippen LogP contribution is -2.41. The van der Waals surface area contributed by atoms with Crippen LogP contribution in [-0.2, 0) is 17.4 Å². The predicted molar refractivity (Wildman–Crippen MR) is 133 cm³/mol. The largest absolute Gasteiger partial charge is 0.417 e. The Morgan fingerprint density at radius 2 is 1.76 bits per heavy atom. The van der Waals surface area contributed by atoms with Crippen LogP contribution in [0.1, 0.15) is 66.2 Å². The topological polar surface area (TPSA) is 102 Å². The van der Waals surface area contributed by atoms with Crippen LogP contribution in [0.15, 0.2) is 54.6 Å². The highest BCUT2D eigenvalue weighted by Crippen LogP contribution is 2.40. The second kappa shape index (κ2) is 11.8. The van der Waals surface area contributed by atoms with Crippen molar-refractivity contribution in [3.8, 4) is 11.3 Å². The molecular weight excluding hydrogens is 502 g/mol. The Balaban J connectivity index is 1.61. The summed E-state index contributed by atoms with van der Waals surface area (Å²) in [5.74, 6) is 3.75. The molecule has 1 aliphatic carbocycles. The van der Waals surface area contributed by atoms with Crippen LogP contribution in [0.3, 0.4) is 0 Å². The van der Waals surface area contributed by atoms with Crippen molar-refractivity contribution < 1.29 is 27.2 Å². The normalized spacial score (nSPS) is 14.9. The maximum Gasteiger partial charge on any atom is 0.417 e. The molecule has 0 unspecified atom stereocenters. The molecule has 1 fully saturated rings. The zero-order valence-electron chi connectivity index (χ0n) is 20.6. The first-order chi connectivity index (χ1) is 18.2. The zero-order chi connectivity index (χ0) is 27.3. The Morgan fingerprint density at radius 3 is 2.42 bits per heavy atom. The van der Waals surface area contributed by atoms with Gasteiger partial charge in [-0.15, -0.1) is 0 Å². The Morgan fingerprint density at radius 1 is 1.08 bits per heavy atom. The number of nitrogens with two attached hydrogens (primary N) is 1. The number of hydrogen-bond acceptors (Lipinski definition) is 4. The summed E-state index contributed by atoms with van der Waals surface area (Å²) in [5, 5.41) is 7.22. The summed E-state index contributed by atoms with van der Waals surface area (Å²) >= 11 is 0. The maximum atomic E-state index is 13.8. The molecule has 0 aliphatic heterocycles. The highest BCUT2D eigenvalue weighted by Gasteiger charge is 2.35. The average molecular weight is 532 g/mol. The van der Waals surface area contributed by atoms with E-state index in [1.165, 1.54) is 41.1 Å². The highest BCUT2D eigenvalue weighted by molar-refractivity contribution is 5.94. The van der Waals surface area contributed by atoms with Crippen molar-refractivity contribution >= 4 is 11.8 Å². The zero-order valence-corrected chi connectivity index (χ0v) is 20.6. The molecule has 1 aliphatic rings. The number of hydrazine groups is 1. The van der Waals surface area contributed by atoms with Gasteiger partial charge in [0.2, 0.25) is 5.91 Å². The number of rotatable bonds is 9. The van der Waals surface area contributed by atoms with Crippen molar-refractivity contribution in [2.45, 2.75) is 63.2 Å². The van der Waals surface area contributed by atoms with Crippen LogP contribution in [0, 0.1) is 5.82 Å². The van der Waals surface area contributed by atoms with Crippen molar-refractivity contribution in [1.29, 1.82) is 0 Å². The van der Waals surface area contributed by atoms with E-state index >= 15 is 0 Å². The quantitative estimate of drug-likeness (QED) is 0.158. The molecule has 0 saturated heterocycles. The van der Waals surface area contributed by atoms with Crippen LogP contribution >= 0.6 is 0 Å². The number of benzene rings is 2. The minimum absolute atomic E-state index is 0.0381. The fraction of sp³-hybridized carbons (Fsp3) is 0.370. The minimum atomic E-state index is -4.58. The molecule has 2 amide bonds. The second-order valence-electron chi connectivity index (χ2n) is 9.45. The van der Waals surface area contributed by atoms with Crippen LogP contribution < -0.4 is 16.6 Å². The summed E-state index contributed by atoms with van der Waals surface area (Å²) in [6.07, 6.45) is -0.553. The second-order valence-corrected chi connectivity index (χ2v) is 9.45. The van der Waals surface area contributed by atoms with Gasteiger partial charge >= 0.3 is 6.18 Å². The lowest BCUT2D eigenvalue weighted by Gasteiger charge is -2.18. The monoisotopic (exact) mass is 531 g/mol. The number of alkyl halides is 3. The van der Waals surface area contributed by atoms with E-state index in [-0.39, 0.29) is 35.2 Å². The first-order valence-electron chi connectivity index (χ1n) is 12.5. The third-order valence-corrected chi connectivity index (χ3v) is 6.77. The van der Waals surface area contributed by atoms with Gasteiger partial charge in [0.1, 0.15) is 5.82 Å². The molecule has 38 heavy (non-hydrogen) atoms. The molecule has 1 atom stereocenters. The van der Waals surface area contributed by atoms with Crippen LogP contribution in [0.2, 0.25) is 0 Å². The fourth-order valence-electron chi connectivity index (χ4n) is 4.85. The van der Waals surface area contributed by atoms with Crippen molar-refractivity contribution in [2.24, 2.45) is 5.84 Å². The smallest absolute Gasteiger partial charge is 0.347 e. The standard InChI is InChI=1S/C27H29F4N5O2/c28-18-12-9-17(10-13-18)11-14-19(15-25(37)34-32)33-26(38)23-16-24(36(35-23)20-5-1-2-6-20)21-7-3-4-8-22(21)27(29,30)31/h3-4,7-10,12-13,16,19-20H,1-2,5-6,11,14-15,32H2,(H,33,38)(H,34,37)/t19-/m0/s1. The number of hydrogen-bond donors (Lipinski definition) is 3. The number of carbonyl (C=O) groups is 2. The summed E-state index contributed by atoms with van der Waals surface area (Å²) < 4.78 is 56.2. The van der Waals surface area contributed by atoms with Gasteiger partial charge in [0, 0.05) is 18.0 Å². The van der Waals surface area contributed by atoms with E-state index in [2.05, 4.69) is 10.4 Å². The summed E-state index contributed by atoms with van der Waals surface area (Å²) in [6.45, 7) is 0. The SMILES string of the molecule is NNC(=O)C[C@H](CCc1ccc(F)cc1)NC(=O)c1cc(-c2ccccc2C(F)(F)F)n(C2CCCC2)n1. The Bertz CT molecular complexity index is 1270. The van der Waals surface area contributed by atoms with Gasteiger partial charge in [-0.25, -0.2) is 10.2 Å². The van der Waals surface area contributed by atoms with E-state index in [1.807, 2.05) is 5.43 Å². The molecule has 11 heteroatoms. The Hall–Kier alpha value is -3.73. The third-order valence-electron chi connectivity index (χ3n) is 6.77. The Labute approximate surface area is 217 Å². The van der Waals surface area contributed by atoms with E-state index < -0.39 is 29.6 Å². The van der Waals surface area contributed by atoms with Crippen molar-refractivity contribution in [3.63, 3.8) is 0 Å². The molecule has 4 rings (SSSR count). The number of aryl methyl sites for hydroxylation is 1. The van der Waals surface area contributed by atoms with E-state index in [0.717, 1.165) is 37.3 Å². The lowest BCUT2D eigenvalue weighted by molar-refractivity contribution is -0.137. The van der Waals surface area contributed by atoms with Gasteiger partial charge in [-0.1, -0.05) is 43.2 Å². The number of aromatic nitrogens is 2. The lowest BCUT2D eigenvalue weighted by atomic mass is 10.0. The van der Waals surface area contributed by atoms with E-state index in [1.54, 1.807) is 12.1 Å². The summed E-state index contributed by atoms with van der Waals surface area (Å²) in [7, 11) is 0. The van der Waals surface area contributed by atoms with Crippen LogP contribution in [0.4, 0.5) is 17.6 Å². The predicted octanol–water partition coefficient (Wildman–Crippen LogP) is 4.93. The summed E-state index contributed by atoms with van der Waals surface area (Å²) in [4.78, 5) is 25.2. The first-order valence-corrected chi connectivity index (χ1v) is 12.5. The van der Waals surface area contributed by atoms with Crippen molar-refractivity contribution in [1.82, 2.24) is 20.5 Å². The van der Waals surface area contributed by atoms with Gasteiger partial charge < -0.3 is 5.32 Å². The fourth-order valence-corrected chi connectivity index (χ4v) is 4.85. The summed E-state index contributed by atoms with van der Waals surface area (Å²) in [6, 6.07) is 11.7. The van der Waals surface area contributed by atoms with Crippen LogP contribution in [-0.4, -0.2) is 27.6 Å². The van der Waals surface area contributed by atoms with Gasteiger partial charge in [0.25, 0.3) is 5.91 Å². The molecule has 0 bridgehead atoms. The number of carbonyl (C=O) groups excluding carboxylic acids is 2. The molecule has 3 aromatic rings. The molecule has 1 aromatic heterocycles. The van der Waals surface area contributed by atoms with E-state index in [9.17, 15) is 27.2 Å². The van der Waals surface area contributed by atoms with Crippen molar-refractivity contribution in [3.05, 3.63) is 77.2 Å². The third kappa shape index (κ3) is 6.58. The maximum absolute atomic E-state index is 13.8.